The molecule has 31 heavy (non-hydrogen) atoms. The molecule has 0 spiro atoms. The molecule has 2 N–H and O–H groups in total. The lowest BCUT2D eigenvalue weighted by atomic mass is 10.1. The maximum absolute atomic E-state index is 4.60. The van der Waals surface area contributed by atoms with E-state index in [1.807, 2.05) is 7.05 Å². The molecule has 172 valence electrons. The number of halogens is 1. The Kier molecular flexibility index (Phi) is 11.2. The minimum atomic E-state index is 0. The molecule has 0 unspecified atom stereocenters. The van der Waals surface area contributed by atoms with Crippen LogP contribution in [0.25, 0.3) is 0 Å². The highest BCUT2D eigenvalue weighted by molar-refractivity contribution is 14.0. The van der Waals surface area contributed by atoms with E-state index < -0.39 is 0 Å². The number of aliphatic imine (C=N–C) groups is 1. The van der Waals surface area contributed by atoms with Crippen LogP contribution >= 0.6 is 35.3 Å². The first-order chi connectivity index (χ1) is 14.5. The molecule has 0 radical (unpaired) electrons. The zero-order valence-corrected chi connectivity index (χ0v) is 22.4. The Hall–Kier alpha value is -1.23. The Morgan fingerprint density at radius 2 is 1.81 bits per heavy atom. The number of guanidine groups is 1. The van der Waals surface area contributed by atoms with Crippen LogP contribution in [-0.4, -0.2) is 67.6 Å². The van der Waals surface area contributed by atoms with Gasteiger partial charge in [0.2, 0.25) is 0 Å². The predicted octanol–water partition coefficient (Wildman–Crippen LogP) is 3.42. The van der Waals surface area contributed by atoms with Crippen molar-refractivity contribution in [3.63, 3.8) is 0 Å². The topological polar surface area (TPSA) is 55.8 Å². The number of hydrogen-bond acceptors (Lipinski definition) is 5. The largest absolute Gasteiger partial charge is 0.356 e. The van der Waals surface area contributed by atoms with Gasteiger partial charge in [0.05, 0.1) is 10.7 Å². The highest BCUT2D eigenvalue weighted by Crippen LogP contribution is 2.16. The first-order valence-electron chi connectivity index (χ1n) is 10.9. The van der Waals surface area contributed by atoms with Crippen molar-refractivity contribution in [2.45, 2.75) is 39.8 Å². The Morgan fingerprint density at radius 3 is 2.48 bits per heavy atom. The van der Waals surface area contributed by atoms with Crippen LogP contribution in [0.4, 0.5) is 0 Å². The second-order valence-corrected chi connectivity index (χ2v) is 9.39. The third-order valence-corrected chi connectivity index (χ3v) is 6.76. The number of benzene rings is 1. The van der Waals surface area contributed by atoms with Gasteiger partial charge in [-0.1, -0.05) is 24.3 Å². The van der Waals surface area contributed by atoms with Crippen molar-refractivity contribution in [2.75, 3.05) is 46.8 Å². The van der Waals surface area contributed by atoms with Crippen LogP contribution in [0.2, 0.25) is 0 Å². The second kappa shape index (κ2) is 13.3. The van der Waals surface area contributed by atoms with Crippen molar-refractivity contribution < 1.29 is 0 Å². The predicted molar refractivity (Wildman–Crippen MR) is 143 cm³/mol. The first-order valence-corrected chi connectivity index (χ1v) is 11.7. The lowest BCUT2D eigenvalue weighted by Gasteiger charge is -2.20. The van der Waals surface area contributed by atoms with E-state index >= 15 is 0 Å². The minimum Gasteiger partial charge on any atom is -0.356 e. The standard InChI is InChI=1S/C23H36N6S.HI/c1-18-19(2)30-22(27-18)10-11-25-23(24-3)26-16-20-6-8-21(9-7-20)17-29-13-5-12-28(4)14-15-29;/h6-9H,5,10-17H2,1-4H3,(H2,24,25,26);1H. The van der Waals surface area contributed by atoms with Crippen LogP contribution in [0.3, 0.4) is 0 Å². The Labute approximate surface area is 208 Å². The molecule has 0 aliphatic carbocycles. The van der Waals surface area contributed by atoms with Crippen LogP contribution in [0.5, 0.6) is 0 Å². The smallest absolute Gasteiger partial charge is 0.191 e. The van der Waals surface area contributed by atoms with Gasteiger partial charge in [0.25, 0.3) is 0 Å². The van der Waals surface area contributed by atoms with Crippen molar-refractivity contribution in [1.29, 1.82) is 0 Å². The van der Waals surface area contributed by atoms with Crippen LogP contribution < -0.4 is 10.6 Å². The number of nitrogens with one attached hydrogen (secondary N) is 2. The zero-order valence-electron chi connectivity index (χ0n) is 19.3. The van der Waals surface area contributed by atoms with Gasteiger partial charge in [-0.3, -0.25) is 9.89 Å². The lowest BCUT2D eigenvalue weighted by Crippen LogP contribution is -2.37. The normalized spacial score (nSPS) is 15.9. The fourth-order valence-corrected chi connectivity index (χ4v) is 4.55. The molecule has 3 rings (SSSR count). The fourth-order valence-electron chi connectivity index (χ4n) is 3.62. The number of aryl methyl sites for hydroxylation is 2. The zero-order chi connectivity index (χ0) is 21.3. The van der Waals surface area contributed by atoms with E-state index in [0.717, 1.165) is 50.8 Å². The van der Waals surface area contributed by atoms with E-state index in [4.69, 9.17) is 0 Å². The summed E-state index contributed by atoms with van der Waals surface area (Å²) in [5.41, 5.74) is 3.80. The SMILES string of the molecule is CN=C(NCCc1nc(C)c(C)s1)NCc1ccc(CN2CCCN(C)CC2)cc1.I. The molecule has 8 heteroatoms. The molecule has 6 nitrogen and oxygen atoms in total. The van der Waals surface area contributed by atoms with Gasteiger partial charge in [-0.2, -0.15) is 0 Å². The van der Waals surface area contributed by atoms with Gasteiger partial charge in [-0.15, -0.1) is 35.3 Å². The summed E-state index contributed by atoms with van der Waals surface area (Å²) in [5, 5.41) is 7.98. The van der Waals surface area contributed by atoms with Crippen molar-refractivity contribution >= 4 is 41.3 Å². The Balaban J connectivity index is 0.00000341. The third-order valence-electron chi connectivity index (χ3n) is 5.63. The van der Waals surface area contributed by atoms with Crippen molar-refractivity contribution in [2.24, 2.45) is 4.99 Å². The van der Waals surface area contributed by atoms with Gasteiger partial charge < -0.3 is 15.5 Å². The number of hydrogen-bond donors (Lipinski definition) is 2. The number of aromatic nitrogens is 1. The third kappa shape index (κ3) is 8.67. The Morgan fingerprint density at radius 1 is 1.06 bits per heavy atom. The maximum atomic E-state index is 4.60. The summed E-state index contributed by atoms with van der Waals surface area (Å²) in [6.45, 7) is 11.6. The van der Waals surface area contributed by atoms with E-state index in [2.05, 4.69) is 75.6 Å². The van der Waals surface area contributed by atoms with Gasteiger partial charge in [0.1, 0.15) is 0 Å². The van der Waals surface area contributed by atoms with Gasteiger partial charge in [0, 0.05) is 51.1 Å². The Bertz CT molecular complexity index is 800. The fraction of sp³-hybridized carbons (Fsp3) is 0.565. The van der Waals surface area contributed by atoms with Gasteiger partial charge in [0.15, 0.2) is 5.96 Å². The second-order valence-electron chi connectivity index (χ2n) is 8.10. The summed E-state index contributed by atoms with van der Waals surface area (Å²) in [4.78, 5) is 15.2. The van der Waals surface area contributed by atoms with Crippen molar-refractivity contribution in [3.8, 4) is 0 Å². The van der Waals surface area contributed by atoms with Crippen molar-refractivity contribution in [1.82, 2.24) is 25.4 Å². The first kappa shape index (κ1) is 26.0. The summed E-state index contributed by atoms with van der Waals surface area (Å²) in [7, 11) is 4.03. The molecule has 0 amide bonds. The monoisotopic (exact) mass is 556 g/mol. The summed E-state index contributed by atoms with van der Waals surface area (Å²) in [6.07, 6.45) is 2.17. The number of likely N-dealkylation sites (N-methyl/N-ethyl adjacent to an activating group) is 1. The lowest BCUT2D eigenvalue weighted by molar-refractivity contribution is 0.269. The molecule has 1 aromatic carbocycles. The molecule has 2 heterocycles. The number of rotatable bonds is 7. The van der Waals surface area contributed by atoms with Crippen LogP contribution in [0, 0.1) is 13.8 Å². The summed E-state index contributed by atoms with van der Waals surface area (Å²) < 4.78 is 0. The van der Waals surface area contributed by atoms with Crippen molar-refractivity contribution in [3.05, 3.63) is 51.0 Å². The molecule has 1 aliphatic heterocycles. The van der Waals surface area contributed by atoms with Gasteiger partial charge in [-0.25, -0.2) is 4.98 Å². The molecule has 0 atom stereocenters. The molecule has 0 saturated carbocycles. The molecule has 1 aromatic heterocycles. The molecular formula is C23H37IN6S. The maximum Gasteiger partial charge on any atom is 0.191 e. The van der Waals surface area contributed by atoms with E-state index in [0.29, 0.717) is 0 Å². The molecule has 1 saturated heterocycles. The average Bonchev–Trinajstić information content (AvgIpc) is 2.92. The summed E-state index contributed by atoms with van der Waals surface area (Å²) in [6, 6.07) is 8.96. The van der Waals surface area contributed by atoms with E-state index in [9.17, 15) is 0 Å². The van der Waals surface area contributed by atoms with Crippen LogP contribution in [0.1, 0.15) is 33.1 Å². The van der Waals surface area contributed by atoms with E-state index in [1.54, 1.807) is 11.3 Å². The summed E-state index contributed by atoms with van der Waals surface area (Å²) in [5.74, 6) is 0.831. The molecular weight excluding hydrogens is 519 g/mol. The molecule has 2 aromatic rings. The van der Waals surface area contributed by atoms with Gasteiger partial charge >= 0.3 is 0 Å². The quantitative estimate of drug-likeness (QED) is 0.311. The van der Waals surface area contributed by atoms with E-state index in [-0.39, 0.29) is 24.0 Å². The minimum absolute atomic E-state index is 0. The molecule has 0 bridgehead atoms. The average molecular weight is 557 g/mol. The van der Waals surface area contributed by atoms with Crippen LogP contribution in [0.15, 0.2) is 29.3 Å². The van der Waals surface area contributed by atoms with Crippen LogP contribution in [-0.2, 0) is 19.5 Å². The highest BCUT2D eigenvalue weighted by Gasteiger charge is 2.12. The number of nitrogens with zero attached hydrogens (tertiary/aromatic N) is 4. The van der Waals surface area contributed by atoms with E-state index in [1.165, 1.54) is 40.5 Å². The number of thiazole rings is 1. The molecule has 1 fully saturated rings. The van der Waals surface area contributed by atoms with Gasteiger partial charge in [-0.05, 0) is 51.5 Å². The molecule has 1 aliphatic rings. The highest BCUT2D eigenvalue weighted by atomic mass is 127. The summed E-state index contributed by atoms with van der Waals surface area (Å²) >= 11 is 1.78.